The topological polar surface area (TPSA) is 114 Å². The molecule has 0 unspecified atom stereocenters. The minimum absolute atomic E-state index is 0.0219. The van der Waals surface area contributed by atoms with E-state index in [0.29, 0.717) is 5.76 Å². The second-order valence-corrected chi connectivity index (χ2v) is 6.16. The molecule has 8 nitrogen and oxygen atoms in total. The summed E-state index contributed by atoms with van der Waals surface area (Å²) in [5.74, 6) is -0.476. The third-order valence-electron chi connectivity index (χ3n) is 2.78. The maximum absolute atomic E-state index is 12.2. The van der Waals surface area contributed by atoms with E-state index in [-0.39, 0.29) is 17.9 Å². The fraction of sp³-hybridized carbons (Fsp3) is 0.333. The summed E-state index contributed by atoms with van der Waals surface area (Å²) in [4.78, 5) is 10.4. The van der Waals surface area contributed by atoms with Gasteiger partial charge in [0.25, 0.3) is 0 Å². The van der Waals surface area contributed by atoms with Crippen LogP contribution in [0.2, 0.25) is 0 Å². The summed E-state index contributed by atoms with van der Waals surface area (Å²) in [6.45, 7) is 1.77. The van der Waals surface area contributed by atoms with Crippen molar-refractivity contribution in [1.29, 1.82) is 0 Å². The molecule has 0 aliphatic rings. The van der Waals surface area contributed by atoms with Gasteiger partial charge in [0, 0.05) is 6.20 Å². The number of hydrogen-bond donors (Lipinski definition) is 2. The third-order valence-corrected chi connectivity index (χ3v) is 4.27. The molecule has 2 N–H and O–H groups in total. The number of carbonyl (C=O) groups is 1. The second kappa shape index (κ2) is 6.10. The van der Waals surface area contributed by atoms with Gasteiger partial charge in [-0.1, -0.05) is 0 Å². The molecule has 2 rings (SSSR count). The highest BCUT2D eigenvalue weighted by atomic mass is 32.2. The van der Waals surface area contributed by atoms with E-state index in [2.05, 4.69) is 9.82 Å². The lowest BCUT2D eigenvalue weighted by atomic mass is 10.3. The number of nitrogens with zero attached hydrogens (tertiary/aromatic N) is 2. The average Bonchev–Trinajstić information content (AvgIpc) is 3.07. The number of hydrogen-bond acceptors (Lipinski definition) is 5. The number of aryl methyl sites for hydroxylation is 1. The molecule has 0 saturated heterocycles. The third kappa shape index (κ3) is 3.92. The highest BCUT2D eigenvalue weighted by molar-refractivity contribution is 7.89. The molecule has 114 valence electrons. The van der Waals surface area contributed by atoms with E-state index in [4.69, 9.17) is 9.52 Å². The number of aromatic nitrogens is 2. The average molecular weight is 313 g/mol. The highest BCUT2D eigenvalue weighted by Gasteiger charge is 2.21. The fourth-order valence-electron chi connectivity index (χ4n) is 1.71. The lowest BCUT2D eigenvalue weighted by Crippen LogP contribution is -2.26. The van der Waals surface area contributed by atoms with Gasteiger partial charge in [-0.15, -0.1) is 0 Å². The van der Waals surface area contributed by atoms with Crippen molar-refractivity contribution in [2.24, 2.45) is 0 Å². The van der Waals surface area contributed by atoms with Crippen molar-refractivity contribution in [3.05, 3.63) is 36.5 Å². The van der Waals surface area contributed by atoms with Crippen LogP contribution in [0.5, 0.6) is 0 Å². The normalized spacial score (nSPS) is 13.2. The van der Waals surface area contributed by atoms with Crippen LogP contribution < -0.4 is 4.72 Å². The minimum atomic E-state index is -3.74. The van der Waals surface area contributed by atoms with Crippen LogP contribution in [0.1, 0.15) is 25.1 Å². The van der Waals surface area contributed by atoms with Gasteiger partial charge < -0.3 is 9.52 Å². The van der Waals surface area contributed by atoms with Gasteiger partial charge in [-0.3, -0.25) is 9.48 Å². The summed E-state index contributed by atoms with van der Waals surface area (Å²) in [7, 11) is -3.74. The van der Waals surface area contributed by atoms with Crippen molar-refractivity contribution in [3.63, 3.8) is 0 Å². The van der Waals surface area contributed by atoms with Crippen molar-refractivity contribution in [2.45, 2.75) is 30.8 Å². The van der Waals surface area contributed by atoms with E-state index >= 15 is 0 Å². The van der Waals surface area contributed by atoms with Crippen LogP contribution in [-0.4, -0.2) is 29.3 Å². The van der Waals surface area contributed by atoms with Gasteiger partial charge in [-0.05, 0) is 19.1 Å². The van der Waals surface area contributed by atoms with Gasteiger partial charge in [0.1, 0.15) is 10.7 Å². The molecule has 0 fully saturated rings. The van der Waals surface area contributed by atoms with Gasteiger partial charge in [-0.2, -0.15) is 5.10 Å². The lowest BCUT2D eigenvalue weighted by Gasteiger charge is -2.10. The second-order valence-electron chi connectivity index (χ2n) is 4.44. The maximum Gasteiger partial charge on any atom is 0.305 e. The van der Waals surface area contributed by atoms with Crippen molar-refractivity contribution in [1.82, 2.24) is 14.5 Å². The lowest BCUT2D eigenvalue weighted by molar-refractivity contribution is -0.137. The fourth-order valence-corrected chi connectivity index (χ4v) is 2.88. The molecule has 0 aliphatic heterocycles. The van der Waals surface area contributed by atoms with Crippen LogP contribution in [0.25, 0.3) is 0 Å². The summed E-state index contributed by atoms with van der Waals surface area (Å²) >= 11 is 0. The largest absolute Gasteiger partial charge is 0.481 e. The molecular weight excluding hydrogens is 298 g/mol. The van der Waals surface area contributed by atoms with Crippen molar-refractivity contribution in [2.75, 3.05) is 0 Å². The number of carboxylic acid groups (broad SMARTS) is 1. The Bertz CT molecular complexity index is 705. The van der Waals surface area contributed by atoms with E-state index in [0.717, 1.165) is 0 Å². The van der Waals surface area contributed by atoms with E-state index in [1.54, 1.807) is 19.1 Å². The Balaban J connectivity index is 2.07. The van der Waals surface area contributed by atoms with Crippen LogP contribution in [0.3, 0.4) is 0 Å². The minimum Gasteiger partial charge on any atom is -0.481 e. The Morgan fingerprint density at radius 2 is 2.33 bits per heavy atom. The van der Waals surface area contributed by atoms with E-state index < -0.39 is 22.0 Å². The van der Waals surface area contributed by atoms with Gasteiger partial charge in [-0.25, -0.2) is 13.1 Å². The first-order valence-electron chi connectivity index (χ1n) is 6.18. The summed E-state index contributed by atoms with van der Waals surface area (Å²) < 4.78 is 33.2. The Morgan fingerprint density at radius 1 is 1.57 bits per heavy atom. The van der Waals surface area contributed by atoms with Crippen LogP contribution in [0, 0.1) is 0 Å². The molecule has 0 amide bonds. The van der Waals surface area contributed by atoms with Crippen LogP contribution >= 0.6 is 0 Å². The molecule has 0 aromatic carbocycles. The molecule has 0 bridgehead atoms. The monoisotopic (exact) mass is 313 g/mol. The van der Waals surface area contributed by atoms with Gasteiger partial charge in [0.05, 0.1) is 31.5 Å². The number of furan rings is 1. The highest BCUT2D eigenvalue weighted by Crippen LogP contribution is 2.16. The Morgan fingerprint density at radius 3 is 2.95 bits per heavy atom. The summed E-state index contributed by atoms with van der Waals surface area (Å²) in [6.07, 6.45) is 3.81. The van der Waals surface area contributed by atoms with E-state index in [9.17, 15) is 13.2 Å². The molecule has 0 radical (unpaired) electrons. The predicted octanol–water partition coefficient (Wildman–Crippen LogP) is 0.990. The Labute approximate surface area is 121 Å². The maximum atomic E-state index is 12.2. The Kier molecular flexibility index (Phi) is 4.43. The quantitative estimate of drug-likeness (QED) is 0.788. The first kappa shape index (κ1) is 15.3. The first-order valence-corrected chi connectivity index (χ1v) is 7.67. The number of aliphatic carboxylic acids is 1. The zero-order valence-electron chi connectivity index (χ0n) is 11.3. The van der Waals surface area contributed by atoms with E-state index in [1.807, 2.05) is 0 Å². The molecule has 0 aliphatic carbocycles. The molecular formula is C12H15N3O5S. The molecule has 9 heteroatoms. The molecule has 21 heavy (non-hydrogen) atoms. The zero-order valence-corrected chi connectivity index (χ0v) is 12.1. The van der Waals surface area contributed by atoms with Crippen molar-refractivity contribution in [3.8, 4) is 0 Å². The molecule has 2 aromatic heterocycles. The van der Waals surface area contributed by atoms with E-state index in [1.165, 1.54) is 23.3 Å². The summed E-state index contributed by atoms with van der Waals surface area (Å²) in [5.41, 5.74) is 0. The van der Waals surface area contributed by atoms with Crippen molar-refractivity contribution >= 4 is 16.0 Å². The molecule has 0 spiro atoms. The number of carboxylic acids is 1. The number of nitrogens with one attached hydrogen (secondary N) is 1. The van der Waals surface area contributed by atoms with Crippen molar-refractivity contribution < 1.29 is 22.7 Å². The molecule has 0 saturated carbocycles. The standard InChI is InChI=1S/C12H15N3O5S/c1-9(11-3-2-6-20-11)14-21(18,19)10-7-13-15(8-10)5-4-12(16)17/h2-3,6-9,14H,4-5H2,1H3,(H,16,17)/t9-/m1/s1. The molecule has 2 heterocycles. The van der Waals surface area contributed by atoms with Gasteiger partial charge in [0.15, 0.2) is 0 Å². The van der Waals surface area contributed by atoms with Crippen LogP contribution in [-0.2, 0) is 21.4 Å². The zero-order chi connectivity index (χ0) is 15.5. The number of sulfonamides is 1. The summed E-state index contributed by atoms with van der Waals surface area (Å²) in [6, 6.07) is 2.82. The molecule has 2 aromatic rings. The SMILES string of the molecule is C[C@@H](NS(=O)(=O)c1cnn(CCC(=O)O)c1)c1ccco1. The number of rotatable bonds is 7. The first-order chi connectivity index (χ1) is 9.88. The van der Waals surface area contributed by atoms with Crippen LogP contribution in [0.15, 0.2) is 40.1 Å². The Hall–Kier alpha value is -2.13. The van der Waals surface area contributed by atoms with Gasteiger partial charge in [0.2, 0.25) is 10.0 Å². The smallest absolute Gasteiger partial charge is 0.305 e. The molecule has 1 atom stereocenters. The van der Waals surface area contributed by atoms with Crippen LogP contribution in [0.4, 0.5) is 0 Å². The van der Waals surface area contributed by atoms with Gasteiger partial charge >= 0.3 is 5.97 Å². The summed E-state index contributed by atoms with van der Waals surface area (Å²) in [5, 5.41) is 12.4. The predicted molar refractivity (Wildman–Crippen MR) is 71.9 cm³/mol.